The Bertz CT molecular complexity index is 579. The molecule has 0 unspecified atom stereocenters. The number of benzene rings is 2. The minimum absolute atomic E-state index is 0.156. The van der Waals surface area contributed by atoms with Crippen LogP contribution in [0.5, 0.6) is 0 Å². The first-order chi connectivity index (χ1) is 7.90. The van der Waals surface area contributed by atoms with E-state index in [0.29, 0.717) is 5.92 Å². The molecule has 3 rings (SSSR count). The largest absolute Gasteiger partial charge is 0.235 e. The van der Waals surface area contributed by atoms with Gasteiger partial charge in [0.25, 0.3) is 0 Å². The number of fused-ring (bicyclic) bond motifs is 1. The summed E-state index contributed by atoms with van der Waals surface area (Å²) in [5.74, 6) is 0.410. The van der Waals surface area contributed by atoms with Crippen molar-refractivity contribution in [2.75, 3.05) is 0 Å². The number of carbonyl (C=O) groups excluding carboxylic acids is 1. The van der Waals surface area contributed by atoms with Crippen molar-refractivity contribution in [3.05, 3.63) is 48.0 Å². The van der Waals surface area contributed by atoms with Crippen LogP contribution in [-0.4, -0.2) is 12.1 Å². The average molecular weight is 209 g/mol. The van der Waals surface area contributed by atoms with Crippen LogP contribution in [0.15, 0.2) is 47.5 Å². The Kier molecular flexibility index (Phi) is 2.09. The van der Waals surface area contributed by atoms with Crippen LogP contribution < -0.4 is 0 Å². The van der Waals surface area contributed by atoms with Crippen LogP contribution in [-0.2, 0) is 4.79 Å². The van der Waals surface area contributed by atoms with Gasteiger partial charge in [0.15, 0.2) is 0 Å². The second-order valence-corrected chi connectivity index (χ2v) is 4.20. The smallest absolute Gasteiger partial charge is 0.211 e. The molecule has 16 heavy (non-hydrogen) atoms. The first-order valence-corrected chi connectivity index (χ1v) is 5.45. The van der Waals surface area contributed by atoms with Gasteiger partial charge >= 0.3 is 0 Å². The Morgan fingerprint density at radius 2 is 1.94 bits per heavy atom. The zero-order chi connectivity index (χ0) is 11.0. The van der Waals surface area contributed by atoms with Crippen molar-refractivity contribution >= 4 is 16.9 Å². The van der Waals surface area contributed by atoms with Gasteiger partial charge in [0.2, 0.25) is 6.08 Å². The molecule has 2 aromatic rings. The Hall–Kier alpha value is -1.92. The topological polar surface area (TPSA) is 29.4 Å². The van der Waals surface area contributed by atoms with E-state index in [9.17, 15) is 4.79 Å². The van der Waals surface area contributed by atoms with E-state index in [1.807, 2.05) is 12.1 Å². The van der Waals surface area contributed by atoms with Crippen LogP contribution in [0.2, 0.25) is 0 Å². The third-order valence-electron chi connectivity index (χ3n) is 3.20. The molecule has 1 aliphatic rings. The number of isocyanates is 1. The van der Waals surface area contributed by atoms with Crippen LogP contribution in [0.25, 0.3) is 10.8 Å². The Morgan fingerprint density at radius 3 is 2.81 bits per heavy atom. The van der Waals surface area contributed by atoms with E-state index in [1.54, 1.807) is 6.08 Å². The van der Waals surface area contributed by atoms with Crippen molar-refractivity contribution in [1.29, 1.82) is 0 Å². The molecular weight excluding hydrogens is 198 g/mol. The van der Waals surface area contributed by atoms with E-state index in [-0.39, 0.29) is 6.04 Å². The van der Waals surface area contributed by atoms with E-state index >= 15 is 0 Å². The molecule has 0 heterocycles. The SMILES string of the molecule is O=C=N[C@@H]1C[C@@H]1c1cccc2ccccc12. The summed E-state index contributed by atoms with van der Waals surface area (Å²) in [4.78, 5) is 14.0. The maximum atomic E-state index is 10.2. The Labute approximate surface area is 93.6 Å². The average Bonchev–Trinajstić information content (AvgIpc) is 3.08. The Morgan fingerprint density at radius 1 is 1.12 bits per heavy atom. The molecule has 0 aliphatic heterocycles. The van der Waals surface area contributed by atoms with Gasteiger partial charge in [-0.15, -0.1) is 0 Å². The Balaban J connectivity index is 2.08. The quantitative estimate of drug-likeness (QED) is 0.552. The number of hydrogen-bond acceptors (Lipinski definition) is 2. The van der Waals surface area contributed by atoms with Crippen LogP contribution in [0, 0.1) is 0 Å². The molecule has 2 aromatic carbocycles. The lowest BCUT2D eigenvalue weighted by atomic mass is 10.0. The molecule has 0 amide bonds. The molecule has 0 spiro atoms. The molecule has 0 bridgehead atoms. The minimum atomic E-state index is 0.156. The number of aliphatic imine (C=N–C) groups is 1. The second-order valence-electron chi connectivity index (χ2n) is 4.20. The van der Waals surface area contributed by atoms with Crippen molar-refractivity contribution in [1.82, 2.24) is 0 Å². The van der Waals surface area contributed by atoms with Gasteiger partial charge in [-0.3, -0.25) is 0 Å². The van der Waals surface area contributed by atoms with Crippen molar-refractivity contribution < 1.29 is 4.79 Å². The zero-order valence-electron chi connectivity index (χ0n) is 8.76. The van der Waals surface area contributed by atoms with Gasteiger partial charge < -0.3 is 0 Å². The molecule has 1 aliphatic carbocycles. The van der Waals surface area contributed by atoms with Crippen molar-refractivity contribution in [3.8, 4) is 0 Å². The molecule has 0 N–H and O–H groups in total. The van der Waals surface area contributed by atoms with Gasteiger partial charge in [-0.05, 0) is 22.8 Å². The summed E-state index contributed by atoms with van der Waals surface area (Å²) in [6.45, 7) is 0. The summed E-state index contributed by atoms with van der Waals surface area (Å²) in [5.41, 5.74) is 1.31. The van der Waals surface area contributed by atoms with Crippen molar-refractivity contribution in [2.24, 2.45) is 4.99 Å². The highest BCUT2D eigenvalue weighted by molar-refractivity contribution is 5.86. The predicted molar refractivity (Wildman–Crippen MR) is 63.2 cm³/mol. The minimum Gasteiger partial charge on any atom is -0.211 e. The molecular formula is C14H11NO. The highest BCUT2D eigenvalue weighted by atomic mass is 16.1. The fourth-order valence-corrected chi connectivity index (χ4v) is 2.30. The zero-order valence-corrected chi connectivity index (χ0v) is 8.76. The lowest BCUT2D eigenvalue weighted by molar-refractivity contribution is 0.562. The van der Waals surface area contributed by atoms with Crippen LogP contribution in [0.4, 0.5) is 0 Å². The van der Waals surface area contributed by atoms with Gasteiger partial charge in [-0.1, -0.05) is 42.5 Å². The summed E-state index contributed by atoms with van der Waals surface area (Å²) in [5, 5.41) is 2.53. The first-order valence-electron chi connectivity index (χ1n) is 5.45. The molecule has 2 nitrogen and oxygen atoms in total. The van der Waals surface area contributed by atoms with E-state index in [2.05, 4.69) is 35.3 Å². The third-order valence-corrected chi connectivity index (χ3v) is 3.20. The molecule has 1 saturated carbocycles. The van der Waals surface area contributed by atoms with Crippen LogP contribution in [0.1, 0.15) is 17.9 Å². The summed E-state index contributed by atoms with van der Waals surface area (Å²) in [6.07, 6.45) is 2.63. The third kappa shape index (κ3) is 1.44. The number of rotatable bonds is 2. The monoisotopic (exact) mass is 209 g/mol. The highest BCUT2D eigenvalue weighted by Gasteiger charge is 2.39. The molecule has 2 heteroatoms. The maximum absolute atomic E-state index is 10.2. The lowest BCUT2D eigenvalue weighted by Crippen LogP contribution is -1.86. The molecule has 1 fully saturated rings. The van der Waals surface area contributed by atoms with E-state index < -0.39 is 0 Å². The molecule has 2 atom stereocenters. The van der Waals surface area contributed by atoms with Gasteiger partial charge in [-0.25, -0.2) is 9.79 Å². The molecule has 0 aromatic heterocycles. The first kappa shape index (κ1) is 9.32. The second kappa shape index (κ2) is 3.58. The molecule has 0 radical (unpaired) electrons. The summed E-state index contributed by atoms with van der Waals surface area (Å²) < 4.78 is 0. The summed E-state index contributed by atoms with van der Waals surface area (Å²) in [6, 6.07) is 14.8. The number of nitrogens with zero attached hydrogens (tertiary/aromatic N) is 1. The van der Waals surface area contributed by atoms with Crippen LogP contribution in [0.3, 0.4) is 0 Å². The van der Waals surface area contributed by atoms with Crippen molar-refractivity contribution in [2.45, 2.75) is 18.4 Å². The maximum Gasteiger partial charge on any atom is 0.235 e. The van der Waals surface area contributed by atoms with Gasteiger partial charge in [-0.2, -0.15) is 0 Å². The molecule has 78 valence electrons. The normalized spacial score (nSPS) is 22.8. The van der Waals surface area contributed by atoms with E-state index in [4.69, 9.17) is 0 Å². The summed E-state index contributed by atoms with van der Waals surface area (Å²) >= 11 is 0. The standard InChI is InChI=1S/C14H11NO/c16-9-15-14-8-13(14)12-7-3-5-10-4-1-2-6-11(10)12/h1-7,13-14H,8H2/t13-,14-/m1/s1. The van der Waals surface area contributed by atoms with Crippen molar-refractivity contribution in [3.63, 3.8) is 0 Å². The lowest BCUT2D eigenvalue weighted by Gasteiger charge is -2.04. The van der Waals surface area contributed by atoms with Crippen LogP contribution >= 0.6 is 0 Å². The highest BCUT2D eigenvalue weighted by Crippen LogP contribution is 2.45. The van der Waals surface area contributed by atoms with Gasteiger partial charge in [0.05, 0.1) is 6.04 Å². The predicted octanol–water partition coefficient (Wildman–Crippen LogP) is 3.03. The fourth-order valence-electron chi connectivity index (χ4n) is 2.30. The van der Waals surface area contributed by atoms with Gasteiger partial charge in [0.1, 0.15) is 0 Å². The fraction of sp³-hybridized carbons (Fsp3) is 0.214. The summed E-state index contributed by atoms with van der Waals surface area (Å²) in [7, 11) is 0. The van der Waals surface area contributed by atoms with E-state index in [0.717, 1.165) is 6.42 Å². The molecule has 0 saturated heterocycles. The number of hydrogen-bond donors (Lipinski definition) is 0. The van der Waals surface area contributed by atoms with Gasteiger partial charge in [0, 0.05) is 5.92 Å². The van der Waals surface area contributed by atoms with E-state index in [1.165, 1.54) is 16.3 Å².